The van der Waals surface area contributed by atoms with Gasteiger partial charge in [-0.1, -0.05) is 17.7 Å². The van der Waals surface area contributed by atoms with E-state index in [9.17, 15) is 0 Å². The number of benzene rings is 1. The van der Waals surface area contributed by atoms with Crippen molar-refractivity contribution < 1.29 is 0 Å². The van der Waals surface area contributed by atoms with Gasteiger partial charge in [0.2, 0.25) is 0 Å². The fraction of sp³-hybridized carbons (Fsp3) is 0.571. The highest BCUT2D eigenvalue weighted by atomic mass is 15.1. The molecule has 2 rings (SSSR count). The summed E-state index contributed by atoms with van der Waals surface area (Å²) in [7, 11) is 0. The predicted octanol–water partition coefficient (Wildman–Crippen LogP) is 3.21. The molecule has 0 aliphatic carbocycles. The van der Waals surface area contributed by atoms with Gasteiger partial charge in [-0.25, -0.2) is 0 Å². The highest BCUT2D eigenvalue weighted by Crippen LogP contribution is 2.20. The highest BCUT2D eigenvalue weighted by molar-refractivity contribution is 5.37. The molecule has 1 aromatic carbocycles. The summed E-state index contributed by atoms with van der Waals surface area (Å²) in [6.45, 7) is 10.4. The summed E-state index contributed by atoms with van der Waals surface area (Å²) in [5.74, 6) is 0. The van der Waals surface area contributed by atoms with Gasteiger partial charge in [0, 0.05) is 6.54 Å². The fourth-order valence-corrected chi connectivity index (χ4v) is 2.62. The van der Waals surface area contributed by atoms with Crippen LogP contribution in [0.2, 0.25) is 0 Å². The van der Waals surface area contributed by atoms with Crippen LogP contribution in [-0.2, 0) is 6.54 Å². The quantitative estimate of drug-likeness (QED) is 0.713. The molecule has 0 N–H and O–H groups in total. The lowest BCUT2D eigenvalue weighted by atomic mass is 9.99. The molecule has 1 aromatic rings. The zero-order chi connectivity index (χ0) is 10.8. The molecule has 1 fully saturated rings. The number of rotatable bonds is 2. The zero-order valence-corrected chi connectivity index (χ0v) is 10.1. The molecule has 1 saturated heterocycles. The van der Waals surface area contributed by atoms with E-state index in [1.807, 2.05) is 0 Å². The third-order valence-electron chi connectivity index (χ3n) is 3.42. The minimum atomic E-state index is 1.15. The van der Waals surface area contributed by atoms with E-state index in [1.165, 1.54) is 42.6 Å². The Balaban J connectivity index is 2.19. The second-order valence-electron chi connectivity index (χ2n) is 4.86. The van der Waals surface area contributed by atoms with Crippen molar-refractivity contribution in [2.45, 2.75) is 40.2 Å². The van der Waals surface area contributed by atoms with Gasteiger partial charge in [0.25, 0.3) is 0 Å². The number of likely N-dealkylation sites (tertiary alicyclic amines) is 1. The van der Waals surface area contributed by atoms with Gasteiger partial charge in [-0.3, -0.25) is 4.90 Å². The van der Waals surface area contributed by atoms with Crippen molar-refractivity contribution in [2.24, 2.45) is 0 Å². The molecule has 0 unspecified atom stereocenters. The first-order valence-corrected chi connectivity index (χ1v) is 5.96. The molecular weight excluding hydrogens is 182 g/mol. The lowest BCUT2D eigenvalue weighted by molar-refractivity contribution is 0.330. The van der Waals surface area contributed by atoms with Crippen molar-refractivity contribution in [1.29, 1.82) is 0 Å². The van der Waals surface area contributed by atoms with Gasteiger partial charge in [-0.05, 0) is 63.4 Å². The number of hydrogen-bond donors (Lipinski definition) is 0. The number of hydrogen-bond acceptors (Lipinski definition) is 1. The van der Waals surface area contributed by atoms with Crippen LogP contribution in [-0.4, -0.2) is 18.0 Å². The Hall–Kier alpha value is -0.820. The second-order valence-corrected chi connectivity index (χ2v) is 4.86. The van der Waals surface area contributed by atoms with E-state index in [2.05, 4.69) is 37.8 Å². The van der Waals surface area contributed by atoms with E-state index < -0.39 is 0 Å². The maximum Gasteiger partial charge on any atom is 0.0238 e. The van der Waals surface area contributed by atoms with Crippen LogP contribution in [0.15, 0.2) is 12.1 Å². The van der Waals surface area contributed by atoms with Crippen LogP contribution >= 0.6 is 0 Å². The van der Waals surface area contributed by atoms with Crippen LogP contribution in [0.25, 0.3) is 0 Å². The van der Waals surface area contributed by atoms with Crippen LogP contribution in [0.1, 0.15) is 35.1 Å². The highest BCUT2D eigenvalue weighted by Gasteiger charge is 2.14. The monoisotopic (exact) mass is 203 g/mol. The molecule has 0 atom stereocenters. The van der Waals surface area contributed by atoms with Gasteiger partial charge in [0.05, 0.1) is 0 Å². The minimum Gasteiger partial charge on any atom is -0.299 e. The molecule has 0 saturated carbocycles. The van der Waals surface area contributed by atoms with Crippen molar-refractivity contribution in [3.63, 3.8) is 0 Å². The van der Waals surface area contributed by atoms with Gasteiger partial charge in [-0.2, -0.15) is 0 Å². The summed E-state index contributed by atoms with van der Waals surface area (Å²) in [6.07, 6.45) is 2.76. The van der Waals surface area contributed by atoms with Crippen LogP contribution in [0, 0.1) is 20.8 Å². The first kappa shape index (κ1) is 10.7. The van der Waals surface area contributed by atoms with Gasteiger partial charge >= 0.3 is 0 Å². The third kappa shape index (κ3) is 2.40. The van der Waals surface area contributed by atoms with Gasteiger partial charge in [0.1, 0.15) is 0 Å². The normalized spacial score (nSPS) is 17.3. The molecular formula is C14H21N. The zero-order valence-electron chi connectivity index (χ0n) is 10.1. The SMILES string of the molecule is Cc1cc(C)c(CN2CCCC2)c(C)c1. The fourth-order valence-electron chi connectivity index (χ4n) is 2.62. The van der Waals surface area contributed by atoms with Crippen molar-refractivity contribution in [3.8, 4) is 0 Å². The van der Waals surface area contributed by atoms with Crippen LogP contribution in [0.5, 0.6) is 0 Å². The lowest BCUT2D eigenvalue weighted by Crippen LogP contribution is -2.19. The van der Waals surface area contributed by atoms with Crippen LogP contribution < -0.4 is 0 Å². The maximum atomic E-state index is 2.57. The molecule has 1 aliphatic rings. The van der Waals surface area contributed by atoms with Crippen LogP contribution in [0.3, 0.4) is 0 Å². The van der Waals surface area contributed by atoms with E-state index in [0.29, 0.717) is 0 Å². The topological polar surface area (TPSA) is 3.24 Å². The molecule has 1 aliphatic heterocycles. The van der Waals surface area contributed by atoms with E-state index in [4.69, 9.17) is 0 Å². The van der Waals surface area contributed by atoms with E-state index in [0.717, 1.165) is 6.54 Å². The van der Waals surface area contributed by atoms with E-state index in [1.54, 1.807) is 5.56 Å². The summed E-state index contributed by atoms with van der Waals surface area (Å²) < 4.78 is 0. The van der Waals surface area contributed by atoms with Gasteiger partial charge < -0.3 is 0 Å². The van der Waals surface area contributed by atoms with Crippen molar-refractivity contribution in [2.75, 3.05) is 13.1 Å². The summed E-state index contributed by atoms with van der Waals surface area (Å²) in [6, 6.07) is 4.61. The Morgan fingerprint density at radius 2 is 1.53 bits per heavy atom. The predicted molar refractivity (Wildman–Crippen MR) is 65.2 cm³/mol. The molecule has 0 spiro atoms. The Bertz CT molecular complexity index is 325. The minimum absolute atomic E-state index is 1.15. The molecule has 0 bridgehead atoms. The number of nitrogens with zero attached hydrogens (tertiary/aromatic N) is 1. The second kappa shape index (κ2) is 4.36. The molecule has 1 nitrogen and oxygen atoms in total. The summed E-state index contributed by atoms with van der Waals surface area (Å²) in [5.41, 5.74) is 5.84. The lowest BCUT2D eigenvalue weighted by Gasteiger charge is -2.18. The van der Waals surface area contributed by atoms with Gasteiger partial charge in [0.15, 0.2) is 0 Å². The maximum absolute atomic E-state index is 2.57. The third-order valence-corrected chi connectivity index (χ3v) is 3.42. The summed E-state index contributed by atoms with van der Waals surface area (Å²) >= 11 is 0. The largest absolute Gasteiger partial charge is 0.299 e. The van der Waals surface area contributed by atoms with E-state index >= 15 is 0 Å². The molecule has 1 heteroatoms. The van der Waals surface area contributed by atoms with Crippen LogP contribution in [0.4, 0.5) is 0 Å². The molecule has 0 aromatic heterocycles. The van der Waals surface area contributed by atoms with Crippen molar-refractivity contribution in [3.05, 3.63) is 34.4 Å². The van der Waals surface area contributed by atoms with Gasteiger partial charge in [-0.15, -0.1) is 0 Å². The Morgan fingerprint density at radius 3 is 2.07 bits per heavy atom. The molecule has 82 valence electrons. The molecule has 1 heterocycles. The molecule has 0 radical (unpaired) electrons. The average Bonchev–Trinajstić information content (AvgIpc) is 2.63. The standard InChI is InChI=1S/C14H21N/c1-11-8-12(2)14(13(3)9-11)10-15-6-4-5-7-15/h8-9H,4-7,10H2,1-3H3. The number of aryl methyl sites for hydroxylation is 3. The summed E-state index contributed by atoms with van der Waals surface area (Å²) in [4.78, 5) is 2.57. The molecule has 15 heavy (non-hydrogen) atoms. The van der Waals surface area contributed by atoms with Crippen molar-refractivity contribution in [1.82, 2.24) is 4.90 Å². The smallest absolute Gasteiger partial charge is 0.0238 e. The first-order chi connectivity index (χ1) is 7.16. The Labute approximate surface area is 93.1 Å². The van der Waals surface area contributed by atoms with Crippen molar-refractivity contribution >= 4 is 0 Å². The first-order valence-electron chi connectivity index (χ1n) is 5.96. The van der Waals surface area contributed by atoms with E-state index in [-0.39, 0.29) is 0 Å². The summed E-state index contributed by atoms with van der Waals surface area (Å²) in [5, 5.41) is 0. The molecule has 0 amide bonds. The average molecular weight is 203 g/mol. The Morgan fingerprint density at radius 1 is 1.00 bits per heavy atom. The Kier molecular flexibility index (Phi) is 3.11.